The fourth-order valence-corrected chi connectivity index (χ4v) is 6.76. The highest BCUT2D eigenvalue weighted by Gasteiger charge is 2.37. The summed E-state index contributed by atoms with van der Waals surface area (Å²) in [6.45, 7) is 8.68. The maximum absolute atomic E-state index is 14.4. The van der Waals surface area contributed by atoms with Gasteiger partial charge in [-0.3, -0.25) is 4.79 Å². The van der Waals surface area contributed by atoms with Gasteiger partial charge in [0.2, 0.25) is 17.7 Å². The van der Waals surface area contributed by atoms with Gasteiger partial charge in [0.1, 0.15) is 13.0 Å². The molecule has 43 heavy (non-hydrogen) atoms. The molecule has 1 fully saturated rings. The summed E-state index contributed by atoms with van der Waals surface area (Å²) in [7, 11) is -2.69. The maximum Gasteiger partial charge on any atom is 0.269 e. The molecule has 228 valence electrons. The number of aromatic nitrogens is 2. The minimum absolute atomic E-state index is 0.0499. The molecule has 0 unspecified atom stereocenters. The summed E-state index contributed by atoms with van der Waals surface area (Å²) in [4.78, 5) is 19.1. The van der Waals surface area contributed by atoms with Crippen LogP contribution in [0.15, 0.2) is 68.8 Å². The average Bonchev–Trinajstić information content (AvgIpc) is 3.69. The summed E-state index contributed by atoms with van der Waals surface area (Å²) < 4.78 is 51.7. The molecule has 5 rings (SSSR count). The highest BCUT2D eigenvalue weighted by Crippen LogP contribution is 2.38. The lowest BCUT2D eigenvalue weighted by atomic mass is 9.93. The van der Waals surface area contributed by atoms with Gasteiger partial charge in [-0.1, -0.05) is 43.3 Å². The Kier molecular flexibility index (Phi) is 8.72. The molecule has 1 saturated heterocycles. The van der Waals surface area contributed by atoms with Crippen molar-refractivity contribution >= 4 is 21.8 Å². The van der Waals surface area contributed by atoms with Crippen LogP contribution in [0.3, 0.4) is 0 Å². The molecule has 0 bridgehead atoms. The Bertz CT molecular complexity index is 1700. The van der Waals surface area contributed by atoms with Gasteiger partial charge in [0.15, 0.2) is 0 Å². The number of methoxy groups -OCH3 is 1. The number of hydrogen-bond donors (Lipinski definition) is 0. The molecule has 0 saturated carbocycles. The molecule has 3 heterocycles. The molecule has 0 radical (unpaired) electrons. The molecule has 1 amide bonds. The van der Waals surface area contributed by atoms with E-state index in [0.717, 1.165) is 15.4 Å². The summed E-state index contributed by atoms with van der Waals surface area (Å²) in [6.07, 6.45) is 3.50. The van der Waals surface area contributed by atoms with Crippen molar-refractivity contribution in [1.29, 1.82) is 0 Å². The summed E-state index contributed by atoms with van der Waals surface area (Å²) >= 11 is 0. The van der Waals surface area contributed by atoms with Crippen molar-refractivity contribution in [3.05, 3.63) is 71.7 Å². The lowest BCUT2D eigenvalue weighted by molar-refractivity contribution is -0.128. The van der Waals surface area contributed by atoms with Crippen LogP contribution in [-0.2, 0) is 30.8 Å². The summed E-state index contributed by atoms with van der Waals surface area (Å²) in [5.74, 6) is 0.556. The van der Waals surface area contributed by atoms with Crippen molar-refractivity contribution in [3.8, 4) is 22.6 Å². The number of aryl methyl sites for hydroxylation is 1. The summed E-state index contributed by atoms with van der Waals surface area (Å²) in [5, 5.41) is 3.98. The Labute approximate surface area is 251 Å². The van der Waals surface area contributed by atoms with E-state index in [0.29, 0.717) is 54.4 Å². The van der Waals surface area contributed by atoms with Gasteiger partial charge in [0.05, 0.1) is 30.0 Å². The van der Waals surface area contributed by atoms with Crippen molar-refractivity contribution in [3.63, 3.8) is 0 Å². The molecular weight excluding hydrogens is 572 g/mol. The van der Waals surface area contributed by atoms with E-state index in [-0.39, 0.29) is 35.4 Å². The van der Waals surface area contributed by atoms with Gasteiger partial charge < -0.3 is 23.3 Å². The predicted molar refractivity (Wildman–Crippen MR) is 160 cm³/mol. The first-order valence-corrected chi connectivity index (χ1v) is 15.4. The third kappa shape index (κ3) is 6.36. The van der Waals surface area contributed by atoms with E-state index in [1.165, 1.54) is 6.26 Å². The van der Waals surface area contributed by atoms with Crippen LogP contribution >= 0.6 is 0 Å². The van der Waals surface area contributed by atoms with Crippen LogP contribution in [0, 0.1) is 19.3 Å². The van der Waals surface area contributed by atoms with E-state index in [2.05, 4.69) is 24.0 Å². The van der Waals surface area contributed by atoms with Crippen LogP contribution in [0.5, 0.6) is 0 Å². The minimum atomic E-state index is -4.23. The smallest absolute Gasteiger partial charge is 0.269 e. The topological polar surface area (TPSA) is 128 Å². The zero-order valence-electron chi connectivity index (χ0n) is 25.0. The van der Waals surface area contributed by atoms with Gasteiger partial charge in [-0.05, 0) is 48.6 Å². The first kappa shape index (κ1) is 30.5. The highest BCUT2D eigenvalue weighted by molar-refractivity contribution is 7.93. The molecule has 0 N–H and O–H groups in total. The third-order valence-electron chi connectivity index (χ3n) is 7.49. The predicted octanol–water partition coefficient (Wildman–Crippen LogP) is 5.19. The zero-order chi connectivity index (χ0) is 30.8. The Morgan fingerprint density at radius 2 is 1.88 bits per heavy atom. The monoisotopic (exact) mass is 608 g/mol. The number of oxazole rings is 1. The van der Waals surface area contributed by atoms with Crippen molar-refractivity contribution in [2.75, 3.05) is 37.9 Å². The first-order chi connectivity index (χ1) is 20.5. The number of carbonyl (C=O) groups excluding carboxylic acids is 1. The molecule has 2 aromatic carbocycles. The van der Waals surface area contributed by atoms with Gasteiger partial charge in [-0.25, -0.2) is 17.7 Å². The highest BCUT2D eigenvalue weighted by atomic mass is 32.2. The number of benzene rings is 2. The SMILES string of the molecule is COCCOCN(c1onc(C)c1C)S(=O)(=O)c1ccccc1-c1ccc(-c2ncco2)cc1CN1CC(C)(C)CC1=O. The molecule has 2 aromatic heterocycles. The van der Waals surface area contributed by atoms with Gasteiger partial charge >= 0.3 is 0 Å². The fraction of sp³-hybridized carbons (Fsp3) is 0.387. The number of sulfonamides is 1. The lowest BCUT2D eigenvalue weighted by Gasteiger charge is -2.25. The molecule has 12 heteroatoms. The van der Waals surface area contributed by atoms with Crippen LogP contribution in [0.4, 0.5) is 5.88 Å². The molecule has 4 aromatic rings. The Hall–Kier alpha value is -4.00. The van der Waals surface area contributed by atoms with E-state index in [1.807, 2.05) is 23.1 Å². The van der Waals surface area contributed by atoms with Crippen molar-refractivity contribution < 1.29 is 31.6 Å². The van der Waals surface area contributed by atoms with Crippen LogP contribution in [0.25, 0.3) is 22.6 Å². The second-order valence-corrected chi connectivity index (χ2v) is 13.2. The maximum atomic E-state index is 14.4. The second kappa shape index (κ2) is 12.3. The summed E-state index contributed by atoms with van der Waals surface area (Å²) in [6, 6.07) is 12.4. The number of carbonyl (C=O) groups is 1. The van der Waals surface area contributed by atoms with Gasteiger partial charge in [0, 0.05) is 43.3 Å². The normalized spacial score (nSPS) is 14.9. The largest absolute Gasteiger partial charge is 0.445 e. The Balaban J connectivity index is 1.61. The summed E-state index contributed by atoms with van der Waals surface area (Å²) in [5.41, 5.74) is 3.62. The molecular formula is C31H36N4O7S. The number of rotatable bonds is 12. The van der Waals surface area contributed by atoms with Gasteiger partial charge in [-0.2, -0.15) is 0 Å². The molecule has 0 atom stereocenters. The van der Waals surface area contributed by atoms with Crippen LogP contribution in [0.2, 0.25) is 0 Å². The number of likely N-dealkylation sites (tertiary alicyclic amines) is 1. The lowest BCUT2D eigenvalue weighted by Crippen LogP contribution is -2.34. The van der Waals surface area contributed by atoms with E-state index < -0.39 is 10.0 Å². The van der Waals surface area contributed by atoms with Gasteiger partial charge in [-0.15, -0.1) is 0 Å². The standard InChI is InChI=1S/C31H36N4O7S/c1-21-22(2)33-42-30(21)35(20-40-15-14-39-5)43(37,38)27-9-7-6-8-26(27)25-11-10-23(29-32-12-13-41-29)16-24(25)18-34-19-31(3,4)17-28(34)36/h6-13,16H,14-15,17-20H2,1-5H3. The molecule has 11 nitrogen and oxygen atoms in total. The molecule has 0 spiro atoms. The van der Waals surface area contributed by atoms with Crippen molar-refractivity contribution in [2.45, 2.75) is 45.6 Å². The average molecular weight is 609 g/mol. The quantitative estimate of drug-likeness (QED) is 0.158. The van der Waals surface area contributed by atoms with Crippen LogP contribution in [0.1, 0.15) is 37.1 Å². The number of hydrogen-bond acceptors (Lipinski definition) is 9. The van der Waals surface area contributed by atoms with E-state index in [9.17, 15) is 13.2 Å². The number of amides is 1. The van der Waals surface area contributed by atoms with Crippen LogP contribution < -0.4 is 4.31 Å². The van der Waals surface area contributed by atoms with E-state index in [1.54, 1.807) is 51.4 Å². The Morgan fingerprint density at radius 1 is 1.09 bits per heavy atom. The molecule has 1 aliphatic heterocycles. The zero-order valence-corrected chi connectivity index (χ0v) is 25.8. The molecule has 0 aliphatic carbocycles. The van der Waals surface area contributed by atoms with Crippen LogP contribution in [-0.4, -0.2) is 63.0 Å². The van der Waals surface area contributed by atoms with Crippen molar-refractivity contribution in [2.24, 2.45) is 5.41 Å². The number of anilines is 1. The number of ether oxygens (including phenoxy) is 2. The van der Waals surface area contributed by atoms with E-state index >= 15 is 0 Å². The van der Waals surface area contributed by atoms with Crippen molar-refractivity contribution in [1.82, 2.24) is 15.0 Å². The Morgan fingerprint density at radius 3 is 2.53 bits per heavy atom. The first-order valence-electron chi connectivity index (χ1n) is 13.9. The van der Waals surface area contributed by atoms with E-state index in [4.69, 9.17) is 18.4 Å². The minimum Gasteiger partial charge on any atom is -0.445 e. The number of nitrogens with zero attached hydrogens (tertiary/aromatic N) is 4. The second-order valence-electron chi connectivity index (χ2n) is 11.4. The molecule has 1 aliphatic rings. The van der Waals surface area contributed by atoms with Gasteiger partial charge in [0.25, 0.3) is 10.0 Å². The fourth-order valence-electron chi connectivity index (χ4n) is 5.21. The third-order valence-corrected chi connectivity index (χ3v) is 9.26.